The molecule has 0 heterocycles. The Balaban J connectivity index is 1.94. The van der Waals surface area contributed by atoms with Crippen LogP contribution in [0.2, 0.25) is 0 Å². The molecule has 0 aromatic heterocycles. The molecular formula is C11H23NO. The second-order valence-corrected chi connectivity index (χ2v) is 4.33. The zero-order chi connectivity index (χ0) is 9.68. The summed E-state index contributed by atoms with van der Waals surface area (Å²) in [6.07, 6.45) is 5.48. The monoisotopic (exact) mass is 185 g/mol. The van der Waals surface area contributed by atoms with Crippen LogP contribution in [0.25, 0.3) is 0 Å². The molecule has 1 N–H and O–H groups in total. The van der Waals surface area contributed by atoms with Crippen molar-refractivity contribution in [2.45, 2.75) is 45.6 Å². The highest BCUT2D eigenvalue weighted by atomic mass is 16.5. The van der Waals surface area contributed by atoms with Crippen molar-refractivity contribution in [3.63, 3.8) is 0 Å². The van der Waals surface area contributed by atoms with Crippen LogP contribution < -0.4 is 5.32 Å². The molecule has 0 spiro atoms. The van der Waals surface area contributed by atoms with Crippen LogP contribution in [0.5, 0.6) is 0 Å². The van der Waals surface area contributed by atoms with Crippen LogP contribution in [0.1, 0.15) is 39.5 Å². The normalized spacial score (nSPS) is 28.8. The van der Waals surface area contributed by atoms with Crippen LogP contribution >= 0.6 is 0 Å². The molecule has 0 saturated heterocycles. The first-order valence-corrected chi connectivity index (χ1v) is 5.50. The lowest BCUT2D eigenvalue weighted by Crippen LogP contribution is -2.20. The minimum Gasteiger partial charge on any atom is -0.370 e. The summed E-state index contributed by atoms with van der Waals surface area (Å²) >= 11 is 0. The van der Waals surface area contributed by atoms with Crippen molar-refractivity contribution in [1.29, 1.82) is 0 Å². The Morgan fingerprint density at radius 3 is 2.92 bits per heavy atom. The minimum absolute atomic E-state index is 0.713. The summed E-state index contributed by atoms with van der Waals surface area (Å²) in [5, 5.41) is 3.38. The zero-order valence-corrected chi connectivity index (χ0v) is 9.18. The molecule has 0 aromatic carbocycles. The second kappa shape index (κ2) is 5.61. The highest BCUT2D eigenvalue weighted by molar-refractivity contribution is 4.92. The molecule has 78 valence electrons. The Labute approximate surface area is 82.0 Å². The van der Waals surface area contributed by atoms with Gasteiger partial charge in [-0.05, 0) is 24.7 Å². The van der Waals surface area contributed by atoms with Crippen molar-refractivity contribution < 1.29 is 4.74 Å². The third-order valence-electron chi connectivity index (χ3n) is 3.14. The molecule has 0 bridgehead atoms. The van der Waals surface area contributed by atoms with Gasteiger partial charge >= 0.3 is 0 Å². The Morgan fingerprint density at radius 2 is 2.31 bits per heavy atom. The van der Waals surface area contributed by atoms with Gasteiger partial charge in [-0.3, -0.25) is 5.32 Å². The highest BCUT2D eigenvalue weighted by Crippen LogP contribution is 2.35. The van der Waals surface area contributed by atoms with Crippen molar-refractivity contribution in [2.24, 2.45) is 11.8 Å². The van der Waals surface area contributed by atoms with Gasteiger partial charge in [0.15, 0.2) is 0 Å². The SMILES string of the molecule is CCC(C)CCC1C[C@H]1NCOC. The number of methoxy groups -OCH3 is 1. The fraction of sp³-hybridized carbons (Fsp3) is 1.00. The molecule has 2 nitrogen and oxygen atoms in total. The molecule has 1 fully saturated rings. The molecule has 1 rings (SSSR count). The molecule has 3 atom stereocenters. The van der Waals surface area contributed by atoms with Gasteiger partial charge in [0.25, 0.3) is 0 Å². The quantitative estimate of drug-likeness (QED) is 0.615. The first kappa shape index (κ1) is 11.0. The summed E-state index contributed by atoms with van der Waals surface area (Å²) in [6.45, 7) is 5.34. The van der Waals surface area contributed by atoms with Gasteiger partial charge in [-0.25, -0.2) is 0 Å². The molecule has 0 amide bonds. The largest absolute Gasteiger partial charge is 0.370 e. The standard InChI is InChI=1S/C11H23NO/c1-4-9(2)5-6-10-7-11(10)12-8-13-3/h9-12H,4-8H2,1-3H3/t9?,10?,11-/m1/s1. The smallest absolute Gasteiger partial charge is 0.0963 e. The second-order valence-electron chi connectivity index (χ2n) is 4.33. The van der Waals surface area contributed by atoms with Crippen molar-refractivity contribution >= 4 is 0 Å². The van der Waals surface area contributed by atoms with E-state index in [0.717, 1.165) is 17.9 Å². The van der Waals surface area contributed by atoms with Gasteiger partial charge in [-0.1, -0.05) is 26.7 Å². The van der Waals surface area contributed by atoms with Crippen LogP contribution in [-0.2, 0) is 4.74 Å². The Morgan fingerprint density at radius 1 is 1.54 bits per heavy atom. The summed E-state index contributed by atoms with van der Waals surface area (Å²) in [5.41, 5.74) is 0. The van der Waals surface area contributed by atoms with Crippen molar-refractivity contribution in [1.82, 2.24) is 5.32 Å². The topological polar surface area (TPSA) is 21.3 Å². The summed E-state index contributed by atoms with van der Waals surface area (Å²) < 4.78 is 4.98. The van der Waals surface area contributed by atoms with E-state index in [1.807, 2.05) is 0 Å². The summed E-state index contributed by atoms with van der Waals surface area (Å²) in [5.74, 6) is 1.84. The predicted octanol–water partition coefficient (Wildman–Crippen LogP) is 2.39. The molecule has 0 aliphatic heterocycles. The van der Waals surface area contributed by atoms with Crippen LogP contribution in [0.3, 0.4) is 0 Å². The third-order valence-corrected chi connectivity index (χ3v) is 3.14. The van der Waals surface area contributed by atoms with Gasteiger partial charge in [0.2, 0.25) is 0 Å². The Hall–Kier alpha value is -0.0800. The van der Waals surface area contributed by atoms with Crippen LogP contribution in [-0.4, -0.2) is 19.9 Å². The number of nitrogens with one attached hydrogen (secondary N) is 1. The fourth-order valence-corrected chi connectivity index (χ4v) is 1.71. The first-order valence-electron chi connectivity index (χ1n) is 5.50. The predicted molar refractivity (Wildman–Crippen MR) is 55.6 cm³/mol. The molecule has 13 heavy (non-hydrogen) atoms. The maximum Gasteiger partial charge on any atom is 0.0963 e. The number of rotatable bonds is 7. The lowest BCUT2D eigenvalue weighted by Gasteiger charge is -2.07. The van der Waals surface area contributed by atoms with Crippen LogP contribution in [0, 0.1) is 11.8 Å². The van der Waals surface area contributed by atoms with E-state index in [4.69, 9.17) is 4.74 Å². The summed E-state index contributed by atoms with van der Waals surface area (Å²) in [6, 6.07) is 0.754. The lowest BCUT2D eigenvalue weighted by atomic mass is 10.0. The first-order chi connectivity index (χ1) is 6.27. The molecule has 0 aromatic rings. The number of ether oxygens (including phenoxy) is 1. The molecule has 1 aliphatic rings. The van der Waals surface area contributed by atoms with Gasteiger partial charge in [-0.15, -0.1) is 0 Å². The number of hydrogen-bond donors (Lipinski definition) is 1. The molecule has 1 saturated carbocycles. The van der Waals surface area contributed by atoms with Crippen molar-refractivity contribution in [2.75, 3.05) is 13.8 Å². The van der Waals surface area contributed by atoms with Crippen molar-refractivity contribution in [3.8, 4) is 0 Å². The highest BCUT2D eigenvalue weighted by Gasteiger charge is 2.35. The number of hydrogen-bond acceptors (Lipinski definition) is 2. The molecular weight excluding hydrogens is 162 g/mol. The van der Waals surface area contributed by atoms with Gasteiger partial charge in [0.05, 0.1) is 6.73 Å². The van der Waals surface area contributed by atoms with Crippen LogP contribution in [0.4, 0.5) is 0 Å². The zero-order valence-electron chi connectivity index (χ0n) is 9.18. The lowest BCUT2D eigenvalue weighted by molar-refractivity contribution is 0.172. The molecule has 0 radical (unpaired) electrons. The van der Waals surface area contributed by atoms with Gasteiger partial charge in [-0.2, -0.15) is 0 Å². The molecule has 2 heteroatoms. The summed E-state index contributed by atoms with van der Waals surface area (Å²) in [7, 11) is 1.74. The van der Waals surface area contributed by atoms with E-state index < -0.39 is 0 Å². The van der Waals surface area contributed by atoms with E-state index in [9.17, 15) is 0 Å². The van der Waals surface area contributed by atoms with E-state index in [2.05, 4.69) is 19.2 Å². The fourth-order valence-electron chi connectivity index (χ4n) is 1.71. The van der Waals surface area contributed by atoms with Gasteiger partial charge in [0.1, 0.15) is 0 Å². The van der Waals surface area contributed by atoms with Gasteiger partial charge in [0, 0.05) is 13.2 Å². The average Bonchev–Trinajstić information content (AvgIpc) is 2.89. The van der Waals surface area contributed by atoms with Gasteiger partial charge < -0.3 is 4.74 Å². The maximum absolute atomic E-state index is 4.98. The van der Waals surface area contributed by atoms with E-state index in [1.54, 1.807) is 7.11 Å². The molecule has 2 unspecified atom stereocenters. The maximum atomic E-state index is 4.98. The average molecular weight is 185 g/mol. The Bertz CT molecular complexity index is 138. The van der Waals surface area contributed by atoms with E-state index in [-0.39, 0.29) is 0 Å². The van der Waals surface area contributed by atoms with E-state index in [0.29, 0.717) is 6.73 Å². The van der Waals surface area contributed by atoms with Crippen molar-refractivity contribution in [3.05, 3.63) is 0 Å². The van der Waals surface area contributed by atoms with Crippen LogP contribution in [0.15, 0.2) is 0 Å². The third kappa shape index (κ3) is 4.10. The molecule has 1 aliphatic carbocycles. The van der Waals surface area contributed by atoms with E-state index in [1.165, 1.54) is 25.7 Å². The van der Waals surface area contributed by atoms with E-state index >= 15 is 0 Å². The minimum atomic E-state index is 0.713. The summed E-state index contributed by atoms with van der Waals surface area (Å²) in [4.78, 5) is 0. The Kier molecular flexibility index (Phi) is 4.74.